The normalized spacial score (nSPS) is 15.1. The molecule has 0 saturated carbocycles. The molecule has 2 heterocycles. The van der Waals surface area contributed by atoms with E-state index in [-0.39, 0.29) is 24.0 Å². The summed E-state index contributed by atoms with van der Waals surface area (Å²) < 4.78 is 2.04. The van der Waals surface area contributed by atoms with Gasteiger partial charge in [-0.05, 0) is 74.2 Å². The second-order valence-electron chi connectivity index (χ2n) is 9.64. The SMILES string of the molecule is Cc1cc(C)cc(CNC2CCCn3c2c(-c2ccccc2)c2cc(C)c(C)cc2c3=O)c1.Cl. The molecule has 3 aromatic carbocycles. The minimum absolute atomic E-state index is 0. The van der Waals surface area contributed by atoms with Gasteiger partial charge in [0.2, 0.25) is 0 Å². The first kappa shape index (κ1) is 24.3. The van der Waals surface area contributed by atoms with Crippen LogP contribution in [0.15, 0.2) is 65.5 Å². The van der Waals surface area contributed by atoms with Crippen molar-refractivity contribution in [2.24, 2.45) is 0 Å². The molecule has 0 saturated heterocycles. The van der Waals surface area contributed by atoms with E-state index < -0.39 is 0 Å². The Hall–Kier alpha value is -2.88. The van der Waals surface area contributed by atoms with Gasteiger partial charge < -0.3 is 9.88 Å². The lowest BCUT2D eigenvalue weighted by Gasteiger charge is -2.31. The second-order valence-corrected chi connectivity index (χ2v) is 9.64. The molecular formula is C30H33ClN2O. The Morgan fingerprint density at radius 3 is 2.21 bits per heavy atom. The predicted octanol–water partition coefficient (Wildman–Crippen LogP) is 6.95. The first-order valence-corrected chi connectivity index (χ1v) is 12.0. The Balaban J connectivity index is 0.00000274. The molecule has 176 valence electrons. The van der Waals surface area contributed by atoms with Crippen LogP contribution in [0.5, 0.6) is 0 Å². The Morgan fingerprint density at radius 2 is 1.53 bits per heavy atom. The highest BCUT2D eigenvalue weighted by Crippen LogP contribution is 2.38. The van der Waals surface area contributed by atoms with Gasteiger partial charge in [0.25, 0.3) is 5.56 Å². The molecule has 0 amide bonds. The van der Waals surface area contributed by atoms with Gasteiger partial charge in [0.05, 0.1) is 0 Å². The third-order valence-corrected chi connectivity index (χ3v) is 7.03. The van der Waals surface area contributed by atoms with E-state index in [4.69, 9.17) is 0 Å². The molecule has 0 radical (unpaired) electrons. The van der Waals surface area contributed by atoms with Crippen molar-refractivity contribution in [1.82, 2.24) is 9.88 Å². The maximum Gasteiger partial charge on any atom is 0.258 e. The van der Waals surface area contributed by atoms with Crippen molar-refractivity contribution in [2.45, 2.75) is 59.7 Å². The van der Waals surface area contributed by atoms with E-state index in [0.29, 0.717) is 0 Å². The molecule has 3 nitrogen and oxygen atoms in total. The average Bonchev–Trinajstić information content (AvgIpc) is 2.79. The highest BCUT2D eigenvalue weighted by molar-refractivity contribution is 5.98. The van der Waals surface area contributed by atoms with Crippen molar-refractivity contribution in [3.63, 3.8) is 0 Å². The molecule has 4 aromatic rings. The number of nitrogens with zero attached hydrogens (tertiary/aromatic N) is 1. The lowest BCUT2D eigenvalue weighted by molar-refractivity contribution is 0.388. The molecule has 4 heteroatoms. The molecule has 1 aromatic heterocycles. The van der Waals surface area contributed by atoms with Gasteiger partial charge in [-0.1, -0.05) is 65.7 Å². The van der Waals surface area contributed by atoms with Crippen molar-refractivity contribution in [1.29, 1.82) is 0 Å². The molecular weight excluding hydrogens is 440 g/mol. The summed E-state index contributed by atoms with van der Waals surface area (Å²) in [5.41, 5.74) is 9.90. The van der Waals surface area contributed by atoms with Crippen LogP contribution in [-0.4, -0.2) is 4.57 Å². The quantitative estimate of drug-likeness (QED) is 0.348. The van der Waals surface area contributed by atoms with Crippen LogP contribution in [0, 0.1) is 27.7 Å². The van der Waals surface area contributed by atoms with Crippen LogP contribution < -0.4 is 10.9 Å². The molecule has 1 N–H and O–H groups in total. The van der Waals surface area contributed by atoms with Crippen LogP contribution in [0.25, 0.3) is 21.9 Å². The first-order valence-electron chi connectivity index (χ1n) is 12.0. The summed E-state index contributed by atoms with van der Waals surface area (Å²) >= 11 is 0. The monoisotopic (exact) mass is 472 g/mol. The summed E-state index contributed by atoms with van der Waals surface area (Å²) in [6.45, 7) is 10.1. The number of aryl methyl sites for hydroxylation is 4. The molecule has 0 aliphatic carbocycles. The van der Waals surface area contributed by atoms with Gasteiger partial charge in [-0.3, -0.25) is 4.79 Å². The molecule has 1 aliphatic rings. The smallest absolute Gasteiger partial charge is 0.258 e. The van der Waals surface area contributed by atoms with E-state index in [1.807, 2.05) is 4.57 Å². The molecule has 1 unspecified atom stereocenters. The Labute approximate surface area is 208 Å². The maximum absolute atomic E-state index is 13.7. The van der Waals surface area contributed by atoms with Crippen LogP contribution in [0.2, 0.25) is 0 Å². The number of hydrogen-bond donors (Lipinski definition) is 1. The number of nitrogens with one attached hydrogen (secondary N) is 1. The minimum atomic E-state index is 0. The van der Waals surface area contributed by atoms with Crippen LogP contribution in [-0.2, 0) is 13.1 Å². The summed E-state index contributed by atoms with van der Waals surface area (Å²) in [6, 6.07) is 21.7. The fourth-order valence-electron chi connectivity index (χ4n) is 5.42. The molecule has 0 spiro atoms. The van der Waals surface area contributed by atoms with E-state index >= 15 is 0 Å². The Morgan fingerprint density at radius 1 is 0.882 bits per heavy atom. The lowest BCUT2D eigenvalue weighted by Crippen LogP contribution is -2.35. The van der Waals surface area contributed by atoms with Gasteiger partial charge in [0.1, 0.15) is 0 Å². The molecule has 0 bridgehead atoms. The number of aromatic nitrogens is 1. The third kappa shape index (κ3) is 4.43. The number of hydrogen-bond acceptors (Lipinski definition) is 2. The Kier molecular flexibility index (Phi) is 6.97. The molecule has 1 atom stereocenters. The third-order valence-electron chi connectivity index (χ3n) is 7.03. The zero-order chi connectivity index (χ0) is 23.1. The topological polar surface area (TPSA) is 34.0 Å². The lowest BCUT2D eigenvalue weighted by atomic mass is 9.88. The van der Waals surface area contributed by atoms with E-state index in [0.717, 1.165) is 42.4 Å². The van der Waals surface area contributed by atoms with E-state index in [1.54, 1.807) is 0 Å². The molecule has 1 aliphatic heterocycles. The fourth-order valence-corrected chi connectivity index (χ4v) is 5.42. The summed E-state index contributed by atoms with van der Waals surface area (Å²) in [6.07, 6.45) is 2.03. The standard InChI is InChI=1S/C30H32N2O.ClH/c1-19-13-20(2)15-23(14-19)18-31-27-11-8-12-32-29(27)28(24-9-6-5-7-10-24)25-16-21(3)22(4)17-26(25)30(32)33;/h5-7,9-10,13-17,27,31H,8,11-12,18H2,1-4H3;1H. The molecule has 0 fully saturated rings. The van der Waals surface area contributed by atoms with Gasteiger partial charge in [0, 0.05) is 35.8 Å². The van der Waals surface area contributed by atoms with E-state index in [9.17, 15) is 4.79 Å². The molecule has 34 heavy (non-hydrogen) atoms. The van der Waals surface area contributed by atoms with E-state index in [2.05, 4.69) is 93.7 Å². The van der Waals surface area contributed by atoms with Crippen molar-refractivity contribution in [3.05, 3.63) is 105 Å². The number of fused-ring (bicyclic) bond motifs is 2. The minimum Gasteiger partial charge on any atom is -0.310 e. The number of benzene rings is 3. The van der Waals surface area contributed by atoms with Gasteiger partial charge in [-0.2, -0.15) is 0 Å². The summed E-state index contributed by atoms with van der Waals surface area (Å²) in [4.78, 5) is 13.7. The van der Waals surface area contributed by atoms with Crippen LogP contribution in [0.1, 0.15) is 52.4 Å². The fraction of sp³-hybridized carbons (Fsp3) is 0.300. The van der Waals surface area contributed by atoms with Crippen molar-refractivity contribution < 1.29 is 0 Å². The van der Waals surface area contributed by atoms with Crippen LogP contribution in [0.4, 0.5) is 0 Å². The maximum atomic E-state index is 13.7. The zero-order valence-corrected chi connectivity index (χ0v) is 21.3. The van der Waals surface area contributed by atoms with Gasteiger partial charge in [-0.25, -0.2) is 0 Å². The molecule has 5 rings (SSSR count). The highest BCUT2D eigenvalue weighted by Gasteiger charge is 2.27. The largest absolute Gasteiger partial charge is 0.310 e. The van der Waals surface area contributed by atoms with Crippen molar-refractivity contribution in [3.8, 4) is 11.1 Å². The van der Waals surface area contributed by atoms with Crippen molar-refractivity contribution >= 4 is 23.2 Å². The van der Waals surface area contributed by atoms with E-state index in [1.165, 1.54) is 38.9 Å². The zero-order valence-electron chi connectivity index (χ0n) is 20.4. The summed E-state index contributed by atoms with van der Waals surface area (Å²) in [5, 5.41) is 5.72. The number of halogens is 1. The Bertz CT molecular complexity index is 1390. The summed E-state index contributed by atoms with van der Waals surface area (Å²) in [5.74, 6) is 0. The number of pyridine rings is 1. The van der Waals surface area contributed by atoms with Crippen LogP contribution >= 0.6 is 12.4 Å². The van der Waals surface area contributed by atoms with Crippen molar-refractivity contribution in [2.75, 3.05) is 0 Å². The highest BCUT2D eigenvalue weighted by atomic mass is 35.5. The predicted molar refractivity (Wildman–Crippen MR) is 145 cm³/mol. The van der Waals surface area contributed by atoms with Crippen LogP contribution in [0.3, 0.4) is 0 Å². The first-order chi connectivity index (χ1) is 15.9. The second kappa shape index (κ2) is 9.77. The number of rotatable bonds is 4. The van der Waals surface area contributed by atoms with Gasteiger partial charge in [-0.15, -0.1) is 12.4 Å². The van der Waals surface area contributed by atoms with Gasteiger partial charge >= 0.3 is 0 Å². The average molecular weight is 473 g/mol. The summed E-state index contributed by atoms with van der Waals surface area (Å²) in [7, 11) is 0. The van der Waals surface area contributed by atoms with Gasteiger partial charge in [0.15, 0.2) is 0 Å².